The monoisotopic (exact) mass is 758 g/mol. The predicted molar refractivity (Wildman–Crippen MR) is 208 cm³/mol. The molecule has 0 radical (unpaired) electrons. The van der Waals surface area contributed by atoms with E-state index in [9.17, 15) is 24.0 Å². The number of imidazole rings is 1. The van der Waals surface area contributed by atoms with E-state index in [2.05, 4.69) is 61.7 Å². The number of nitrogens with zero attached hydrogens (tertiary/aromatic N) is 6. The molecular formula is C40H42N10O6. The van der Waals surface area contributed by atoms with Crippen molar-refractivity contribution in [1.29, 1.82) is 0 Å². The van der Waals surface area contributed by atoms with Crippen molar-refractivity contribution < 1.29 is 28.7 Å². The minimum Gasteiger partial charge on any atom is -0.492 e. The van der Waals surface area contributed by atoms with Crippen LogP contribution in [0.1, 0.15) is 60.0 Å². The lowest BCUT2D eigenvalue weighted by molar-refractivity contribution is -0.136. The van der Waals surface area contributed by atoms with E-state index in [0.29, 0.717) is 54.7 Å². The van der Waals surface area contributed by atoms with E-state index in [1.807, 2.05) is 59.2 Å². The number of piperidine rings is 1. The molecule has 4 N–H and O–H groups in total. The van der Waals surface area contributed by atoms with Crippen LogP contribution in [0.15, 0.2) is 73.1 Å². The zero-order chi connectivity index (χ0) is 39.1. The summed E-state index contributed by atoms with van der Waals surface area (Å²) in [7, 11) is 0. The maximum atomic E-state index is 13.6. The lowest BCUT2D eigenvalue weighted by Crippen LogP contribution is -2.54. The second-order valence-corrected chi connectivity index (χ2v) is 15.1. The van der Waals surface area contributed by atoms with Crippen LogP contribution in [-0.2, 0) is 15.0 Å². The highest BCUT2D eigenvalue weighted by molar-refractivity contribution is 6.25. The van der Waals surface area contributed by atoms with Crippen molar-refractivity contribution in [2.75, 3.05) is 54.9 Å². The Kier molecular flexibility index (Phi) is 9.49. The van der Waals surface area contributed by atoms with E-state index in [1.165, 1.54) is 0 Å². The van der Waals surface area contributed by atoms with E-state index in [0.717, 1.165) is 40.4 Å². The Morgan fingerprint density at radius 2 is 1.71 bits per heavy atom. The molecule has 8 rings (SSSR count). The lowest BCUT2D eigenvalue weighted by Gasteiger charge is -2.36. The van der Waals surface area contributed by atoms with Crippen LogP contribution in [0.2, 0.25) is 0 Å². The van der Waals surface area contributed by atoms with Gasteiger partial charge in [-0.15, -0.1) is 0 Å². The fourth-order valence-electron chi connectivity index (χ4n) is 7.31. The van der Waals surface area contributed by atoms with Crippen LogP contribution in [0.3, 0.4) is 0 Å². The van der Waals surface area contributed by atoms with Crippen LogP contribution in [0.5, 0.6) is 5.75 Å². The quantitative estimate of drug-likeness (QED) is 0.158. The Bertz CT molecular complexity index is 2350. The van der Waals surface area contributed by atoms with Crippen LogP contribution in [0.25, 0.3) is 16.7 Å². The Morgan fingerprint density at radius 1 is 0.929 bits per heavy atom. The van der Waals surface area contributed by atoms with E-state index in [4.69, 9.17) is 4.74 Å². The number of H-pyrrole nitrogens is 1. The normalized spacial score (nSPS) is 17.7. The van der Waals surface area contributed by atoms with Gasteiger partial charge in [-0.3, -0.25) is 49.3 Å². The van der Waals surface area contributed by atoms with E-state index < -0.39 is 29.7 Å². The van der Waals surface area contributed by atoms with Crippen LogP contribution in [0, 0.1) is 0 Å². The lowest BCUT2D eigenvalue weighted by atomic mass is 9.92. The van der Waals surface area contributed by atoms with Crippen molar-refractivity contribution >= 4 is 57.9 Å². The highest BCUT2D eigenvalue weighted by Gasteiger charge is 2.46. The fraction of sp³-hybridized carbons (Fsp3) is 0.325. The highest BCUT2D eigenvalue weighted by Crippen LogP contribution is 2.35. The van der Waals surface area contributed by atoms with Gasteiger partial charge in [0.05, 0.1) is 27.8 Å². The Labute approximate surface area is 322 Å². The van der Waals surface area contributed by atoms with Crippen molar-refractivity contribution in [3.63, 3.8) is 0 Å². The average molecular weight is 759 g/mol. The van der Waals surface area contributed by atoms with Gasteiger partial charge in [-0.2, -0.15) is 5.10 Å². The molecule has 16 heteroatoms. The van der Waals surface area contributed by atoms with Gasteiger partial charge in [0.2, 0.25) is 11.8 Å². The Morgan fingerprint density at radius 3 is 2.45 bits per heavy atom. The number of benzene rings is 3. The summed E-state index contributed by atoms with van der Waals surface area (Å²) >= 11 is 0. The van der Waals surface area contributed by atoms with Crippen molar-refractivity contribution in [3.8, 4) is 11.4 Å². The predicted octanol–water partition coefficient (Wildman–Crippen LogP) is 4.29. The first-order chi connectivity index (χ1) is 26.9. The number of rotatable bonds is 9. The summed E-state index contributed by atoms with van der Waals surface area (Å²) in [6, 6.07) is 18.9. The second-order valence-electron chi connectivity index (χ2n) is 15.1. The van der Waals surface area contributed by atoms with Gasteiger partial charge in [0.25, 0.3) is 11.8 Å². The first-order valence-electron chi connectivity index (χ1n) is 18.6. The number of amides is 6. The summed E-state index contributed by atoms with van der Waals surface area (Å²) in [5.74, 6) is -0.869. The molecule has 0 saturated carbocycles. The molecule has 288 valence electrons. The number of hydrogen-bond acceptors (Lipinski definition) is 10. The zero-order valence-electron chi connectivity index (χ0n) is 31.3. The molecule has 0 bridgehead atoms. The molecule has 2 fully saturated rings. The minimum absolute atomic E-state index is 0.0764. The van der Waals surface area contributed by atoms with Crippen LogP contribution < -0.4 is 25.6 Å². The van der Waals surface area contributed by atoms with Crippen LogP contribution >= 0.6 is 0 Å². The SMILES string of the molecule is CC(C)(C)c1cc(NC(=O)Nc2ccc(-n3cnc4cc(OCCN5CCN(c6cccc7c6C(=O)N(C6CCC(=O)NC6=O)C7=O)CC5)ccc43)cc2)n[nH]1. The number of urea groups is 1. The van der Waals surface area contributed by atoms with Gasteiger partial charge in [-0.1, -0.05) is 26.8 Å². The topological polar surface area (TPSA) is 187 Å². The summed E-state index contributed by atoms with van der Waals surface area (Å²) in [6.45, 7) is 10.1. The molecule has 3 aliphatic rings. The van der Waals surface area contributed by atoms with E-state index in [-0.39, 0.29) is 29.9 Å². The summed E-state index contributed by atoms with van der Waals surface area (Å²) < 4.78 is 8.10. The maximum absolute atomic E-state index is 13.6. The minimum atomic E-state index is -0.999. The first kappa shape index (κ1) is 36.4. The molecule has 2 aromatic heterocycles. The third-order valence-corrected chi connectivity index (χ3v) is 10.4. The third kappa shape index (κ3) is 7.18. The smallest absolute Gasteiger partial charge is 0.324 e. The number of carbonyl (C=O) groups excluding carboxylic acids is 5. The molecular weight excluding hydrogens is 717 g/mol. The van der Waals surface area contributed by atoms with Crippen molar-refractivity contribution in [2.45, 2.75) is 45.1 Å². The molecule has 1 unspecified atom stereocenters. The van der Waals surface area contributed by atoms with Gasteiger partial charge >= 0.3 is 6.03 Å². The highest BCUT2D eigenvalue weighted by atomic mass is 16.5. The number of imide groups is 2. The van der Waals surface area contributed by atoms with E-state index >= 15 is 0 Å². The molecule has 1 atom stereocenters. The number of aromatic amines is 1. The number of piperazine rings is 1. The van der Waals surface area contributed by atoms with Gasteiger partial charge in [0.1, 0.15) is 24.7 Å². The van der Waals surface area contributed by atoms with Crippen molar-refractivity contribution in [2.24, 2.45) is 0 Å². The van der Waals surface area contributed by atoms with Gasteiger partial charge < -0.3 is 15.0 Å². The summed E-state index contributed by atoms with van der Waals surface area (Å²) in [5, 5.41) is 15.0. The number of ether oxygens (including phenoxy) is 1. The van der Waals surface area contributed by atoms with Crippen molar-refractivity contribution in [1.82, 2.24) is 34.9 Å². The average Bonchev–Trinajstić information content (AvgIpc) is 3.89. The molecule has 3 aliphatic heterocycles. The number of aromatic nitrogens is 4. The standard InChI is InChI=1S/C40H42N10O6/c1-40(2,3)32-22-33(46-45-32)43-39(55)42-24-7-9-25(10-8-24)49-23-41-28-21-26(11-12-29(28)49)56-20-19-47-15-17-48(18-16-47)30-6-4-5-27-35(30)38(54)50(37(27)53)31-13-14-34(51)44-36(31)52/h4-12,21-23,31H,13-20H2,1-3H3,(H,44,51,52)(H3,42,43,45,46,55). The molecule has 2 saturated heterocycles. The molecule has 5 heterocycles. The third-order valence-electron chi connectivity index (χ3n) is 10.4. The molecule has 16 nitrogen and oxygen atoms in total. The summed E-state index contributed by atoms with van der Waals surface area (Å²) in [6.07, 6.45) is 1.95. The first-order valence-corrected chi connectivity index (χ1v) is 18.6. The number of carbonyl (C=O) groups is 5. The largest absolute Gasteiger partial charge is 0.492 e. The number of anilines is 3. The molecule has 56 heavy (non-hydrogen) atoms. The van der Waals surface area contributed by atoms with Gasteiger partial charge in [0.15, 0.2) is 5.82 Å². The zero-order valence-corrected chi connectivity index (χ0v) is 31.3. The maximum Gasteiger partial charge on any atom is 0.324 e. The summed E-state index contributed by atoms with van der Waals surface area (Å²) in [4.78, 5) is 73.6. The van der Waals surface area contributed by atoms with Crippen molar-refractivity contribution in [3.05, 3.63) is 89.9 Å². The van der Waals surface area contributed by atoms with Gasteiger partial charge in [-0.25, -0.2) is 9.78 Å². The Hall–Kier alpha value is -6.55. The van der Waals surface area contributed by atoms with Gasteiger partial charge in [-0.05, 0) is 55.0 Å². The molecule has 0 spiro atoms. The van der Waals surface area contributed by atoms with Gasteiger partial charge in [0, 0.05) is 73.8 Å². The van der Waals surface area contributed by atoms with Crippen LogP contribution in [0.4, 0.5) is 22.0 Å². The number of nitrogens with one attached hydrogen (secondary N) is 4. The summed E-state index contributed by atoms with van der Waals surface area (Å²) in [5.41, 5.74) is 5.29. The number of fused-ring (bicyclic) bond motifs is 2. The Balaban J connectivity index is 0.825. The molecule has 5 aromatic rings. The molecule has 3 aromatic carbocycles. The fourth-order valence-corrected chi connectivity index (χ4v) is 7.31. The molecule has 6 amide bonds. The molecule has 0 aliphatic carbocycles. The van der Waals surface area contributed by atoms with Crippen LogP contribution in [-0.4, -0.2) is 105 Å². The second kappa shape index (κ2) is 14.6. The number of hydrogen-bond donors (Lipinski definition) is 4. The van der Waals surface area contributed by atoms with E-state index in [1.54, 1.807) is 18.5 Å².